The zero-order chi connectivity index (χ0) is 26.5. The SMILES string of the molecule is CCC(c1cccc(COc2ccc(-c3cc(OC)ccc3F)c(CC3(C#N)CCCCC3)c2)c1)C1CC1. The molecule has 0 radical (unpaired) electrons. The van der Waals surface area contributed by atoms with Crippen LogP contribution in [0.2, 0.25) is 0 Å². The summed E-state index contributed by atoms with van der Waals surface area (Å²) in [6, 6.07) is 22.1. The number of hydrogen-bond donors (Lipinski definition) is 0. The van der Waals surface area contributed by atoms with Gasteiger partial charge in [-0.25, -0.2) is 4.39 Å². The predicted molar refractivity (Wildman–Crippen MR) is 150 cm³/mol. The fourth-order valence-corrected chi connectivity index (χ4v) is 6.25. The number of methoxy groups -OCH3 is 1. The quantitative estimate of drug-likeness (QED) is 0.273. The molecule has 0 aliphatic heterocycles. The number of nitrogens with zero attached hydrogens (tertiary/aromatic N) is 1. The van der Waals surface area contributed by atoms with E-state index in [0.717, 1.165) is 54.0 Å². The molecule has 38 heavy (non-hydrogen) atoms. The summed E-state index contributed by atoms with van der Waals surface area (Å²) >= 11 is 0. The Morgan fingerprint density at radius 3 is 2.47 bits per heavy atom. The Morgan fingerprint density at radius 2 is 1.76 bits per heavy atom. The lowest BCUT2D eigenvalue weighted by molar-refractivity contribution is 0.265. The molecule has 0 saturated heterocycles. The third kappa shape index (κ3) is 5.88. The van der Waals surface area contributed by atoms with Crippen molar-refractivity contribution in [2.45, 2.75) is 77.2 Å². The average molecular weight is 512 g/mol. The minimum atomic E-state index is -0.423. The summed E-state index contributed by atoms with van der Waals surface area (Å²) in [5.41, 5.74) is 4.39. The van der Waals surface area contributed by atoms with Crippen LogP contribution in [0, 0.1) is 28.5 Å². The minimum absolute atomic E-state index is 0.298. The summed E-state index contributed by atoms with van der Waals surface area (Å²) in [7, 11) is 1.59. The maximum Gasteiger partial charge on any atom is 0.131 e. The fraction of sp³-hybridized carbons (Fsp3) is 0.441. The van der Waals surface area contributed by atoms with Crippen molar-refractivity contribution in [3.8, 4) is 28.7 Å². The van der Waals surface area contributed by atoms with Gasteiger partial charge in [-0.1, -0.05) is 56.5 Å². The molecule has 2 aliphatic rings. The molecule has 3 aromatic carbocycles. The van der Waals surface area contributed by atoms with Crippen molar-refractivity contribution in [2.24, 2.45) is 11.3 Å². The van der Waals surface area contributed by atoms with Crippen molar-refractivity contribution >= 4 is 0 Å². The predicted octanol–water partition coefficient (Wildman–Crippen LogP) is 9.00. The summed E-state index contributed by atoms with van der Waals surface area (Å²) in [5, 5.41) is 10.2. The Labute approximate surface area is 226 Å². The number of rotatable bonds is 10. The highest BCUT2D eigenvalue weighted by atomic mass is 19.1. The summed E-state index contributed by atoms with van der Waals surface area (Å²) in [4.78, 5) is 0. The standard InChI is InChI=1S/C34H38FNO2/c1-3-30(25-10-11-25)26-9-7-8-24(18-26)22-38-29-12-14-31(32-20-28(37-2)13-15-33(32)35)27(19-29)21-34(23-36)16-5-4-6-17-34/h7-9,12-15,18-20,25,30H,3-6,10-11,16-17,21-22H2,1-2H3. The first kappa shape index (κ1) is 26.3. The van der Waals surface area contributed by atoms with E-state index in [1.165, 1.54) is 37.3 Å². The maximum atomic E-state index is 15.0. The lowest BCUT2D eigenvalue weighted by Crippen LogP contribution is -2.25. The molecule has 3 nitrogen and oxygen atoms in total. The van der Waals surface area contributed by atoms with E-state index in [9.17, 15) is 5.26 Å². The Morgan fingerprint density at radius 1 is 0.974 bits per heavy atom. The molecule has 1 unspecified atom stereocenters. The highest BCUT2D eigenvalue weighted by Gasteiger charge is 2.33. The van der Waals surface area contributed by atoms with Crippen LogP contribution in [0.3, 0.4) is 0 Å². The van der Waals surface area contributed by atoms with E-state index < -0.39 is 5.41 Å². The van der Waals surface area contributed by atoms with Crippen LogP contribution >= 0.6 is 0 Å². The van der Waals surface area contributed by atoms with Gasteiger partial charge in [-0.05, 0) is 103 Å². The van der Waals surface area contributed by atoms with Crippen LogP contribution in [0.15, 0.2) is 60.7 Å². The van der Waals surface area contributed by atoms with Crippen molar-refractivity contribution in [2.75, 3.05) is 7.11 Å². The summed E-state index contributed by atoms with van der Waals surface area (Å²) < 4.78 is 26.7. The van der Waals surface area contributed by atoms with E-state index in [0.29, 0.717) is 30.3 Å². The topological polar surface area (TPSA) is 42.2 Å². The summed E-state index contributed by atoms with van der Waals surface area (Å²) in [6.45, 7) is 2.76. The zero-order valence-corrected chi connectivity index (χ0v) is 22.6. The largest absolute Gasteiger partial charge is 0.497 e. The number of halogens is 1. The average Bonchev–Trinajstić information content (AvgIpc) is 3.79. The van der Waals surface area contributed by atoms with Crippen LogP contribution < -0.4 is 9.47 Å². The normalized spacial score (nSPS) is 17.4. The molecule has 4 heteroatoms. The van der Waals surface area contributed by atoms with E-state index in [1.54, 1.807) is 19.2 Å². The highest BCUT2D eigenvalue weighted by Crippen LogP contribution is 2.45. The Balaban J connectivity index is 1.43. The van der Waals surface area contributed by atoms with E-state index >= 15 is 4.39 Å². The number of nitriles is 1. The first-order chi connectivity index (χ1) is 18.5. The van der Waals surface area contributed by atoms with Crippen LogP contribution in [-0.4, -0.2) is 7.11 Å². The molecule has 1 atom stereocenters. The number of hydrogen-bond acceptors (Lipinski definition) is 3. The lowest BCUT2D eigenvalue weighted by Gasteiger charge is -2.31. The fourth-order valence-electron chi connectivity index (χ4n) is 6.25. The monoisotopic (exact) mass is 511 g/mol. The van der Waals surface area contributed by atoms with Gasteiger partial charge in [0.2, 0.25) is 0 Å². The van der Waals surface area contributed by atoms with E-state index in [4.69, 9.17) is 9.47 Å². The lowest BCUT2D eigenvalue weighted by atomic mass is 9.70. The van der Waals surface area contributed by atoms with Crippen LogP contribution in [0.4, 0.5) is 4.39 Å². The first-order valence-electron chi connectivity index (χ1n) is 14.1. The molecule has 0 aromatic heterocycles. The van der Waals surface area contributed by atoms with Crippen LogP contribution in [0.5, 0.6) is 11.5 Å². The van der Waals surface area contributed by atoms with Gasteiger partial charge < -0.3 is 9.47 Å². The van der Waals surface area contributed by atoms with E-state index in [-0.39, 0.29) is 5.82 Å². The molecule has 198 valence electrons. The van der Waals surface area contributed by atoms with Crippen molar-refractivity contribution in [3.05, 3.63) is 83.2 Å². The Hall–Kier alpha value is -3.32. The van der Waals surface area contributed by atoms with E-state index in [1.807, 2.05) is 18.2 Å². The number of benzene rings is 3. The number of ether oxygens (including phenoxy) is 2. The second-order valence-electron chi connectivity index (χ2n) is 11.2. The summed E-state index contributed by atoms with van der Waals surface area (Å²) in [5.74, 6) is 2.52. The van der Waals surface area contributed by atoms with Gasteiger partial charge in [-0.15, -0.1) is 0 Å². The Bertz CT molecular complexity index is 1300. The Kier molecular flexibility index (Phi) is 8.03. The van der Waals surface area contributed by atoms with Crippen LogP contribution in [0.1, 0.15) is 80.9 Å². The molecule has 0 N–H and O–H groups in total. The van der Waals surface area contributed by atoms with Gasteiger partial charge in [0.25, 0.3) is 0 Å². The van der Waals surface area contributed by atoms with Crippen molar-refractivity contribution in [3.63, 3.8) is 0 Å². The molecule has 0 heterocycles. The van der Waals surface area contributed by atoms with E-state index in [2.05, 4.69) is 37.3 Å². The molecule has 0 amide bonds. The minimum Gasteiger partial charge on any atom is -0.497 e. The molecule has 0 spiro atoms. The molecule has 5 rings (SSSR count). The van der Waals surface area contributed by atoms with Crippen LogP contribution in [-0.2, 0) is 13.0 Å². The molecule has 0 bridgehead atoms. The third-order valence-corrected chi connectivity index (χ3v) is 8.53. The second kappa shape index (κ2) is 11.6. The molecule has 3 aromatic rings. The zero-order valence-electron chi connectivity index (χ0n) is 22.6. The van der Waals surface area contributed by atoms with Crippen molar-refractivity contribution in [1.82, 2.24) is 0 Å². The van der Waals surface area contributed by atoms with Crippen LogP contribution in [0.25, 0.3) is 11.1 Å². The second-order valence-corrected chi connectivity index (χ2v) is 11.2. The van der Waals surface area contributed by atoms with Gasteiger partial charge in [-0.2, -0.15) is 5.26 Å². The van der Waals surface area contributed by atoms with Crippen molar-refractivity contribution in [1.29, 1.82) is 5.26 Å². The molecule has 2 saturated carbocycles. The van der Waals surface area contributed by atoms with Gasteiger partial charge >= 0.3 is 0 Å². The van der Waals surface area contributed by atoms with Gasteiger partial charge in [-0.3, -0.25) is 0 Å². The molecule has 2 fully saturated rings. The van der Waals surface area contributed by atoms with Gasteiger partial charge in [0.15, 0.2) is 0 Å². The smallest absolute Gasteiger partial charge is 0.131 e. The molecular formula is C34H38FNO2. The molecule has 2 aliphatic carbocycles. The first-order valence-corrected chi connectivity index (χ1v) is 14.1. The van der Waals surface area contributed by atoms with Gasteiger partial charge in [0.1, 0.15) is 23.9 Å². The van der Waals surface area contributed by atoms with Gasteiger partial charge in [0, 0.05) is 5.56 Å². The van der Waals surface area contributed by atoms with Crippen molar-refractivity contribution < 1.29 is 13.9 Å². The van der Waals surface area contributed by atoms with Gasteiger partial charge in [0.05, 0.1) is 18.6 Å². The molecular weight excluding hydrogens is 473 g/mol. The summed E-state index contributed by atoms with van der Waals surface area (Å²) in [6.07, 6.45) is 9.47. The highest BCUT2D eigenvalue weighted by molar-refractivity contribution is 5.70. The third-order valence-electron chi connectivity index (χ3n) is 8.53. The maximum absolute atomic E-state index is 15.0.